The molecule has 6 nitrogen and oxygen atoms in total. The predicted octanol–water partition coefficient (Wildman–Crippen LogP) is 1.52. The standard InChI is InChI=1S/C18H26N2O4S/c21-17(15-7-2-1-3-8-15)20-12-6-9-16(13-20)25(23,24)19-14-18(22)10-4-5-11-18/h1-3,7-8,16,19,22H,4-6,9-14H2. The second-order valence-corrected chi connectivity index (χ2v) is 9.22. The number of hydrogen-bond acceptors (Lipinski definition) is 4. The Hall–Kier alpha value is -1.44. The zero-order valence-electron chi connectivity index (χ0n) is 14.4. The smallest absolute Gasteiger partial charge is 0.253 e. The quantitative estimate of drug-likeness (QED) is 0.827. The molecule has 1 saturated heterocycles. The molecule has 0 bridgehead atoms. The highest BCUT2D eigenvalue weighted by atomic mass is 32.2. The lowest BCUT2D eigenvalue weighted by Gasteiger charge is -2.33. The average molecular weight is 366 g/mol. The summed E-state index contributed by atoms with van der Waals surface area (Å²) in [5, 5.41) is 9.72. The molecule has 1 amide bonds. The summed E-state index contributed by atoms with van der Waals surface area (Å²) in [6.45, 7) is 0.837. The Morgan fingerprint density at radius 3 is 2.56 bits per heavy atom. The van der Waals surface area contributed by atoms with Crippen LogP contribution in [-0.4, -0.2) is 54.8 Å². The highest BCUT2D eigenvalue weighted by Crippen LogP contribution is 2.29. The molecule has 1 aliphatic heterocycles. The van der Waals surface area contributed by atoms with Gasteiger partial charge in [0.25, 0.3) is 5.91 Å². The van der Waals surface area contributed by atoms with E-state index in [0.717, 1.165) is 12.8 Å². The van der Waals surface area contributed by atoms with Gasteiger partial charge in [0.2, 0.25) is 10.0 Å². The molecule has 138 valence electrons. The topological polar surface area (TPSA) is 86.7 Å². The molecule has 1 heterocycles. The predicted molar refractivity (Wildman–Crippen MR) is 95.7 cm³/mol. The lowest BCUT2D eigenvalue weighted by atomic mass is 10.0. The SMILES string of the molecule is O=C(c1ccccc1)N1CCCC(S(=O)(=O)NCC2(O)CCCC2)C1. The van der Waals surface area contributed by atoms with Crippen LogP contribution in [-0.2, 0) is 10.0 Å². The Kier molecular flexibility index (Phi) is 5.46. The first-order valence-electron chi connectivity index (χ1n) is 8.95. The van der Waals surface area contributed by atoms with Crippen molar-refractivity contribution in [1.82, 2.24) is 9.62 Å². The fourth-order valence-corrected chi connectivity index (χ4v) is 5.26. The van der Waals surface area contributed by atoms with Crippen LogP contribution in [0.3, 0.4) is 0 Å². The van der Waals surface area contributed by atoms with Crippen LogP contribution < -0.4 is 4.72 Å². The third-order valence-electron chi connectivity index (χ3n) is 5.26. The molecule has 0 spiro atoms. The van der Waals surface area contributed by atoms with E-state index in [1.807, 2.05) is 6.07 Å². The van der Waals surface area contributed by atoms with E-state index in [4.69, 9.17) is 0 Å². The van der Waals surface area contributed by atoms with Gasteiger partial charge in [-0.05, 0) is 37.8 Å². The molecule has 3 rings (SSSR count). The lowest BCUT2D eigenvalue weighted by Crippen LogP contribution is -2.50. The number of piperidine rings is 1. The number of likely N-dealkylation sites (tertiary alicyclic amines) is 1. The van der Waals surface area contributed by atoms with Crippen LogP contribution in [0.5, 0.6) is 0 Å². The van der Waals surface area contributed by atoms with Gasteiger partial charge < -0.3 is 10.0 Å². The van der Waals surface area contributed by atoms with E-state index < -0.39 is 20.9 Å². The molecule has 2 aliphatic rings. The second kappa shape index (κ2) is 7.43. The van der Waals surface area contributed by atoms with Gasteiger partial charge in [0.1, 0.15) is 0 Å². The van der Waals surface area contributed by atoms with E-state index in [9.17, 15) is 18.3 Å². The monoisotopic (exact) mass is 366 g/mol. The molecule has 2 fully saturated rings. The Labute approximate surface area is 149 Å². The molecule has 1 aliphatic carbocycles. The normalized spacial score (nSPS) is 23.6. The van der Waals surface area contributed by atoms with E-state index >= 15 is 0 Å². The summed E-state index contributed by atoms with van der Waals surface area (Å²) in [5.41, 5.74) is -0.338. The number of rotatable bonds is 5. The molecular weight excluding hydrogens is 340 g/mol. The number of hydrogen-bond donors (Lipinski definition) is 2. The summed E-state index contributed by atoms with van der Waals surface area (Å²) in [5.74, 6) is -0.130. The average Bonchev–Trinajstić information content (AvgIpc) is 3.07. The van der Waals surface area contributed by atoms with Crippen LogP contribution in [0.4, 0.5) is 0 Å². The summed E-state index contributed by atoms with van der Waals surface area (Å²) >= 11 is 0. The van der Waals surface area contributed by atoms with Crippen molar-refractivity contribution in [3.8, 4) is 0 Å². The first-order valence-corrected chi connectivity index (χ1v) is 10.5. The maximum absolute atomic E-state index is 12.6. The largest absolute Gasteiger partial charge is 0.389 e. The number of benzene rings is 1. The number of carbonyl (C=O) groups is 1. The molecule has 2 N–H and O–H groups in total. The minimum atomic E-state index is -3.56. The summed E-state index contributed by atoms with van der Waals surface area (Å²) in [7, 11) is -3.56. The van der Waals surface area contributed by atoms with Gasteiger partial charge in [-0.3, -0.25) is 4.79 Å². The van der Waals surface area contributed by atoms with E-state index in [2.05, 4.69) is 4.72 Å². The molecule has 7 heteroatoms. The van der Waals surface area contributed by atoms with Gasteiger partial charge in [0, 0.05) is 25.2 Å². The first kappa shape index (κ1) is 18.4. The van der Waals surface area contributed by atoms with Crippen molar-refractivity contribution in [3.63, 3.8) is 0 Å². The molecule has 0 aromatic heterocycles. The van der Waals surface area contributed by atoms with Crippen molar-refractivity contribution >= 4 is 15.9 Å². The molecule has 0 radical (unpaired) electrons. The highest BCUT2D eigenvalue weighted by molar-refractivity contribution is 7.90. The summed E-state index contributed by atoms with van der Waals surface area (Å²) in [4.78, 5) is 14.2. The Morgan fingerprint density at radius 1 is 1.20 bits per heavy atom. The van der Waals surface area contributed by atoms with Gasteiger partial charge in [-0.2, -0.15) is 0 Å². The van der Waals surface area contributed by atoms with Gasteiger partial charge in [-0.1, -0.05) is 31.0 Å². The molecule has 25 heavy (non-hydrogen) atoms. The van der Waals surface area contributed by atoms with E-state index in [0.29, 0.717) is 37.8 Å². The lowest BCUT2D eigenvalue weighted by molar-refractivity contribution is 0.0529. The maximum atomic E-state index is 12.6. The van der Waals surface area contributed by atoms with Crippen molar-refractivity contribution in [2.24, 2.45) is 0 Å². The minimum absolute atomic E-state index is 0.0679. The summed E-state index contributed by atoms with van der Waals surface area (Å²) in [6, 6.07) is 8.94. The number of nitrogens with zero attached hydrogens (tertiary/aromatic N) is 1. The number of nitrogens with one attached hydrogen (secondary N) is 1. The maximum Gasteiger partial charge on any atom is 0.253 e. The Morgan fingerprint density at radius 2 is 1.88 bits per heavy atom. The third kappa shape index (κ3) is 4.40. The molecule has 1 atom stereocenters. The summed E-state index contributed by atoms with van der Waals surface area (Å²) in [6.07, 6.45) is 4.33. The second-order valence-electron chi connectivity index (χ2n) is 7.18. The third-order valence-corrected chi connectivity index (χ3v) is 7.07. The summed E-state index contributed by atoms with van der Waals surface area (Å²) < 4.78 is 27.9. The molecule has 1 saturated carbocycles. The van der Waals surface area contributed by atoms with Gasteiger partial charge in [-0.15, -0.1) is 0 Å². The number of amides is 1. The van der Waals surface area contributed by atoms with Crippen LogP contribution in [0.1, 0.15) is 48.9 Å². The number of sulfonamides is 1. The van der Waals surface area contributed by atoms with Gasteiger partial charge in [-0.25, -0.2) is 13.1 Å². The van der Waals surface area contributed by atoms with Crippen LogP contribution in [0.25, 0.3) is 0 Å². The van der Waals surface area contributed by atoms with Crippen LogP contribution in [0.2, 0.25) is 0 Å². The van der Waals surface area contributed by atoms with Crippen molar-refractivity contribution < 1.29 is 18.3 Å². The van der Waals surface area contributed by atoms with E-state index in [1.165, 1.54) is 0 Å². The zero-order valence-corrected chi connectivity index (χ0v) is 15.2. The van der Waals surface area contributed by atoms with Crippen LogP contribution in [0.15, 0.2) is 30.3 Å². The van der Waals surface area contributed by atoms with Crippen molar-refractivity contribution in [2.45, 2.75) is 49.4 Å². The van der Waals surface area contributed by atoms with E-state index in [-0.39, 0.29) is 19.0 Å². The van der Waals surface area contributed by atoms with Gasteiger partial charge in [0.05, 0.1) is 10.9 Å². The van der Waals surface area contributed by atoms with Crippen molar-refractivity contribution in [3.05, 3.63) is 35.9 Å². The van der Waals surface area contributed by atoms with Crippen molar-refractivity contribution in [2.75, 3.05) is 19.6 Å². The minimum Gasteiger partial charge on any atom is -0.389 e. The Bertz CT molecular complexity index is 699. The fraction of sp³-hybridized carbons (Fsp3) is 0.611. The molecule has 1 aromatic rings. The number of aliphatic hydroxyl groups is 1. The Balaban J connectivity index is 1.63. The van der Waals surface area contributed by atoms with Crippen LogP contribution in [0, 0.1) is 0 Å². The van der Waals surface area contributed by atoms with E-state index in [1.54, 1.807) is 29.2 Å². The van der Waals surface area contributed by atoms with Gasteiger partial charge in [0.15, 0.2) is 0 Å². The molecular formula is C18H26N2O4S. The first-order chi connectivity index (χ1) is 11.9. The highest BCUT2D eigenvalue weighted by Gasteiger charge is 2.36. The molecule has 1 unspecified atom stereocenters. The fourth-order valence-electron chi connectivity index (χ4n) is 3.70. The number of carbonyl (C=O) groups excluding carboxylic acids is 1. The molecule has 1 aromatic carbocycles. The van der Waals surface area contributed by atoms with Gasteiger partial charge >= 0.3 is 0 Å². The van der Waals surface area contributed by atoms with Crippen molar-refractivity contribution in [1.29, 1.82) is 0 Å². The zero-order chi connectivity index (χ0) is 17.9. The van der Waals surface area contributed by atoms with Crippen LogP contribution >= 0.6 is 0 Å².